The van der Waals surface area contributed by atoms with E-state index in [0.29, 0.717) is 11.1 Å². The lowest BCUT2D eigenvalue weighted by Crippen LogP contribution is -2.42. The van der Waals surface area contributed by atoms with E-state index in [1.165, 1.54) is 50.6 Å². The molecule has 1 aliphatic carbocycles. The highest BCUT2D eigenvalue weighted by Crippen LogP contribution is 2.51. The number of hydrogen-bond donors (Lipinski definition) is 0. The molecule has 0 bridgehead atoms. The monoisotopic (exact) mass is 298 g/mol. The van der Waals surface area contributed by atoms with E-state index < -0.39 is 0 Å². The Balaban J connectivity index is 2.57. The van der Waals surface area contributed by atoms with E-state index in [4.69, 9.17) is 9.47 Å². The molecule has 1 aliphatic rings. The number of hydrogen-bond acceptors (Lipinski definition) is 2. The molecule has 0 aromatic heterocycles. The van der Waals surface area contributed by atoms with Crippen LogP contribution in [0.3, 0.4) is 0 Å². The summed E-state index contributed by atoms with van der Waals surface area (Å²) in [5, 5.41) is 0. The Kier molecular flexibility index (Phi) is 8.54. The van der Waals surface area contributed by atoms with Gasteiger partial charge in [-0.1, -0.05) is 51.6 Å². The van der Waals surface area contributed by atoms with E-state index in [1.54, 1.807) is 0 Å². The average Bonchev–Trinajstić information content (AvgIpc) is 2.78. The van der Waals surface area contributed by atoms with E-state index in [9.17, 15) is 0 Å². The van der Waals surface area contributed by atoms with Gasteiger partial charge in [0.25, 0.3) is 0 Å². The molecular weight excluding hydrogens is 268 g/mol. The van der Waals surface area contributed by atoms with Crippen LogP contribution in [0.1, 0.15) is 52.4 Å². The zero-order chi connectivity index (χ0) is 14.1. The van der Waals surface area contributed by atoms with Crippen LogP contribution in [0.15, 0.2) is 0 Å². The van der Waals surface area contributed by atoms with Crippen LogP contribution in [0.5, 0.6) is 0 Å². The number of rotatable bonds is 10. The molecule has 0 aromatic rings. The molecule has 1 saturated carbocycles. The molecule has 1 fully saturated rings. The molecule has 2 unspecified atom stereocenters. The maximum atomic E-state index is 5.93. The van der Waals surface area contributed by atoms with Gasteiger partial charge in [0.2, 0.25) is 0 Å². The first kappa shape index (κ1) is 17.4. The van der Waals surface area contributed by atoms with E-state index in [-0.39, 0.29) is 5.79 Å². The van der Waals surface area contributed by atoms with Crippen molar-refractivity contribution in [3.8, 4) is 0 Å². The van der Waals surface area contributed by atoms with Gasteiger partial charge in [0, 0.05) is 44.3 Å². The van der Waals surface area contributed by atoms with Crippen LogP contribution in [0.4, 0.5) is 0 Å². The van der Waals surface area contributed by atoms with Gasteiger partial charge in [-0.15, -0.1) is 0 Å². The lowest BCUT2D eigenvalue weighted by Gasteiger charge is -2.37. The summed E-state index contributed by atoms with van der Waals surface area (Å²) in [5.74, 6) is -0.266. The highest BCUT2D eigenvalue weighted by Gasteiger charge is 2.50. The van der Waals surface area contributed by atoms with Crippen LogP contribution in [-0.4, -0.2) is 39.0 Å². The zero-order valence-electron chi connectivity index (χ0n) is 13.1. The van der Waals surface area contributed by atoms with Crippen LogP contribution in [0.25, 0.3) is 0 Å². The summed E-state index contributed by atoms with van der Waals surface area (Å²) >= 11 is 0. The van der Waals surface area contributed by atoms with Crippen molar-refractivity contribution in [2.45, 2.75) is 81.3 Å². The quantitative estimate of drug-likeness (QED) is 0.342. The molecule has 0 aliphatic heterocycles. The van der Waals surface area contributed by atoms with Crippen LogP contribution in [-0.2, 0) is 9.47 Å². The molecular formula is C15H30O2Si2. The third-order valence-electron chi connectivity index (χ3n) is 4.20. The first-order valence-corrected chi connectivity index (χ1v) is 10.4. The molecule has 19 heavy (non-hydrogen) atoms. The van der Waals surface area contributed by atoms with Crippen LogP contribution in [0.2, 0.25) is 23.2 Å². The van der Waals surface area contributed by atoms with Gasteiger partial charge in [-0.05, 0) is 12.8 Å². The normalized spacial score (nSPS) is 25.9. The molecule has 2 nitrogen and oxygen atoms in total. The Morgan fingerprint density at radius 1 is 0.895 bits per heavy atom. The minimum Gasteiger partial charge on any atom is -0.353 e. The molecule has 2 atom stereocenters. The maximum Gasteiger partial charge on any atom is 0.167 e. The summed E-state index contributed by atoms with van der Waals surface area (Å²) in [5.41, 5.74) is 1.27. The van der Waals surface area contributed by atoms with Crippen LogP contribution < -0.4 is 0 Å². The second kappa shape index (κ2) is 9.32. The number of unbranched alkanes of at least 4 members (excludes halogenated alkanes) is 2. The van der Waals surface area contributed by atoms with Gasteiger partial charge in [0.05, 0.1) is 0 Å². The SMILES string of the molecule is CCCC[Si]C1CCC([Si]CCCC)C1(OC)OC. The standard InChI is InChI=1S/C15H30O2Si2/c1-5-7-11-18-13-9-10-14(19-12-8-6-2)15(13,16-3)17-4/h13-14H,5-12H2,1-4H3. The van der Waals surface area contributed by atoms with Crippen molar-refractivity contribution in [2.75, 3.05) is 14.2 Å². The van der Waals surface area contributed by atoms with Crippen LogP contribution >= 0.6 is 0 Å². The largest absolute Gasteiger partial charge is 0.353 e. The van der Waals surface area contributed by atoms with Gasteiger partial charge in [-0.3, -0.25) is 0 Å². The molecule has 4 radical (unpaired) electrons. The Bertz CT molecular complexity index is 212. The first-order chi connectivity index (χ1) is 9.25. The zero-order valence-corrected chi connectivity index (χ0v) is 15.1. The fraction of sp³-hybridized carbons (Fsp3) is 1.00. The minimum atomic E-state index is -0.266. The predicted molar refractivity (Wildman–Crippen MR) is 84.4 cm³/mol. The summed E-state index contributed by atoms with van der Waals surface area (Å²) < 4.78 is 11.9. The molecule has 0 saturated heterocycles. The van der Waals surface area contributed by atoms with E-state index in [1.807, 2.05) is 14.2 Å². The first-order valence-electron chi connectivity index (χ1n) is 7.82. The molecule has 0 N–H and O–H groups in total. The average molecular weight is 299 g/mol. The van der Waals surface area contributed by atoms with E-state index >= 15 is 0 Å². The molecule has 1 rings (SSSR count). The van der Waals surface area contributed by atoms with Crippen LogP contribution in [0, 0.1) is 0 Å². The summed E-state index contributed by atoms with van der Waals surface area (Å²) in [6, 6.07) is 2.70. The molecule has 0 amide bonds. The lowest BCUT2D eigenvalue weighted by molar-refractivity contribution is -0.199. The Morgan fingerprint density at radius 3 is 1.63 bits per heavy atom. The Hall–Kier alpha value is 0.354. The van der Waals surface area contributed by atoms with Crippen molar-refractivity contribution in [1.82, 2.24) is 0 Å². The third kappa shape index (κ3) is 4.41. The molecule has 0 heterocycles. The Morgan fingerprint density at radius 2 is 1.32 bits per heavy atom. The van der Waals surface area contributed by atoms with Crippen molar-refractivity contribution < 1.29 is 9.47 Å². The molecule has 0 spiro atoms. The fourth-order valence-electron chi connectivity index (χ4n) is 3.03. The van der Waals surface area contributed by atoms with Gasteiger partial charge in [0.1, 0.15) is 0 Å². The van der Waals surface area contributed by atoms with Gasteiger partial charge in [-0.2, -0.15) is 0 Å². The minimum absolute atomic E-state index is 0.266. The summed E-state index contributed by atoms with van der Waals surface area (Å²) in [6.07, 6.45) is 7.90. The van der Waals surface area contributed by atoms with Crippen molar-refractivity contribution >= 4 is 19.0 Å². The van der Waals surface area contributed by atoms with E-state index in [2.05, 4.69) is 13.8 Å². The topological polar surface area (TPSA) is 18.5 Å². The second-order valence-corrected chi connectivity index (χ2v) is 8.64. The molecule has 4 heteroatoms. The van der Waals surface area contributed by atoms with Gasteiger partial charge < -0.3 is 9.47 Å². The number of ether oxygens (including phenoxy) is 2. The lowest BCUT2D eigenvalue weighted by atomic mass is 10.2. The molecule has 0 aromatic carbocycles. The maximum absolute atomic E-state index is 5.93. The summed E-state index contributed by atoms with van der Waals surface area (Å²) in [6.45, 7) is 4.54. The van der Waals surface area contributed by atoms with Crippen molar-refractivity contribution in [1.29, 1.82) is 0 Å². The van der Waals surface area contributed by atoms with Gasteiger partial charge >= 0.3 is 0 Å². The van der Waals surface area contributed by atoms with E-state index in [0.717, 1.165) is 19.0 Å². The fourth-order valence-corrected chi connectivity index (χ4v) is 7.19. The smallest absolute Gasteiger partial charge is 0.167 e. The second-order valence-electron chi connectivity index (χ2n) is 5.43. The van der Waals surface area contributed by atoms with Gasteiger partial charge in [-0.25, -0.2) is 0 Å². The highest BCUT2D eigenvalue weighted by molar-refractivity contribution is 6.41. The van der Waals surface area contributed by atoms with Crippen molar-refractivity contribution in [2.24, 2.45) is 0 Å². The Labute approximate surface area is 124 Å². The predicted octanol–water partition coefficient (Wildman–Crippen LogP) is 4.19. The van der Waals surface area contributed by atoms with Crippen molar-refractivity contribution in [3.63, 3.8) is 0 Å². The molecule has 110 valence electrons. The number of methoxy groups -OCH3 is 2. The van der Waals surface area contributed by atoms with Crippen molar-refractivity contribution in [3.05, 3.63) is 0 Å². The summed E-state index contributed by atoms with van der Waals surface area (Å²) in [4.78, 5) is 0. The third-order valence-corrected chi connectivity index (χ3v) is 7.85. The summed E-state index contributed by atoms with van der Waals surface area (Å²) in [7, 11) is 5.71. The van der Waals surface area contributed by atoms with Gasteiger partial charge in [0.15, 0.2) is 5.79 Å². The highest BCUT2D eigenvalue weighted by atomic mass is 28.2.